The molecule has 2 rings (SSSR count). The van der Waals surface area contributed by atoms with Crippen LogP contribution in [0.15, 0.2) is 18.2 Å². The Labute approximate surface area is 138 Å². The summed E-state index contributed by atoms with van der Waals surface area (Å²) in [6.07, 6.45) is 2.48. The molecule has 0 radical (unpaired) electrons. The van der Waals surface area contributed by atoms with Gasteiger partial charge in [0.2, 0.25) is 11.8 Å². The maximum Gasteiger partial charge on any atom is 0.243 e. The molecule has 0 unspecified atom stereocenters. The highest BCUT2D eigenvalue weighted by molar-refractivity contribution is 5.95. The number of hydrogen-bond donors (Lipinski definition) is 2. The van der Waals surface area contributed by atoms with Crippen LogP contribution < -0.4 is 15.5 Å². The van der Waals surface area contributed by atoms with Crippen LogP contribution in [0.5, 0.6) is 0 Å². The third-order valence-corrected chi connectivity index (χ3v) is 4.05. The van der Waals surface area contributed by atoms with Gasteiger partial charge in [-0.15, -0.1) is 0 Å². The molecule has 126 valence electrons. The maximum atomic E-state index is 12.0. The van der Waals surface area contributed by atoms with Gasteiger partial charge in [-0.3, -0.25) is 9.59 Å². The Balaban J connectivity index is 1.92. The zero-order valence-electron chi connectivity index (χ0n) is 14.5. The Kier molecular flexibility index (Phi) is 5.29. The summed E-state index contributed by atoms with van der Waals surface area (Å²) in [6, 6.07) is 6.09. The fourth-order valence-electron chi connectivity index (χ4n) is 2.58. The van der Waals surface area contributed by atoms with E-state index in [2.05, 4.69) is 21.6 Å². The number of carbonyl (C=O) groups excluding carboxylic acids is 2. The van der Waals surface area contributed by atoms with Crippen molar-refractivity contribution in [3.63, 3.8) is 0 Å². The van der Waals surface area contributed by atoms with Crippen molar-refractivity contribution in [1.82, 2.24) is 5.32 Å². The average molecular weight is 317 g/mol. The number of nitrogens with zero attached hydrogens (tertiary/aromatic N) is 1. The molecule has 23 heavy (non-hydrogen) atoms. The Hall–Kier alpha value is -2.04. The van der Waals surface area contributed by atoms with Crippen molar-refractivity contribution in [3.8, 4) is 0 Å². The minimum atomic E-state index is -0.492. The number of aryl methyl sites for hydroxylation is 1. The molecule has 2 N–H and O–H groups in total. The van der Waals surface area contributed by atoms with E-state index in [9.17, 15) is 9.59 Å². The Morgan fingerprint density at radius 3 is 2.39 bits per heavy atom. The van der Waals surface area contributed by atoms with Crippen LogP contribution in [0, 0.1) is 12.3 Å². The van der Waals surface area contributed by atoms with Gasteiger partial charge in [-0.05, 0) is 43.5 Å². The molecule has 5 heteroatoms. The molecular weight excluding hydrogens is 290 g/mol. The molecule has 1 aromatic carbocycles. The lowest BCUT2D eigenvalue weighted by Gasteiger charge is -2.20. The van der Waals surface area contributed by atoms with Crippen LogP contribution in [-0.4, -0.2) is 31.4 Å². The maximum absolute atomic E-state index is 12.0. The van der Waals surface area contributed by atoms with Gasteiger partial charge in [0.05, 0.1) is 6.54 Å². The van der Waals surface area contributed by atoms with Crippen molar-refractivity contribution >= 4 is 23.2 Å². The first kappa shape index (κ1) is 17.3. The summed E-state index contributed by atoms with van der Waals surface area (Å²) < 4.78 is 0. The molecule has 0 spiro atoms. The molecular formula is C18H27N3O2. The van der Waals surface area contributed by atoms with E-state index in [0.29, 0.717) is 0 Å². The number of rotatable bonds is 4. The van der Waals surface area contributed by atoms with Crippen LogP contribution in [0.1, 0.15) is 39.2 Å². The highest BCUT2D eigenvalue weighted by Gasteiger charge is 2.21. The SMILES string of the molecule is Cc1cc(N2CCCC2)ccc1NC(=O)CNC(=O)C(C)(C)C. The van der Waals surface area contributed by atoms with Crippen molar-refractivity contribution < 1.29 is 9.59 Å². The van der Waals surface area contributed by atoms with Crippen molar-refractivity contribution in [2.75, 3.05) is 29.9 Å². The quantitative estimate of drug-likeness (QED) is 0.897. The first-order valence-corrected chi connectivity index (χ1v) is 8.21. The summed E-state index contributed by atoms with van der Waals surface area (Å²) >= 11 is 0. The fraction of sp³-hybridized carbons (Fsp3) is 0.556. The zero-order valence-corrected chi connectivity index (χ0v) is 14.5. The number of anilines is 2. The Morgan fingerprint density at radius 1 is 1.17 bits per heavy atom. The standard InChI is InChI=1S/C18H27N3O2/c1-13-11-14(21-9-5-6-10-21)7-8-15(13)20-16(22)12-19-17(23)18(2,3)4/h7-8,11H,5-6,9-10,12H2,1-4H3,(H,19,23)(H,20,22). The van der Waals surface area contributed by atoms with Crippen LogP contribution in [0.2, 0.25) is 0 Å². The summed E-state index contributed by atoms with van der Waals surface area (Å²) in [4.78, 5) is 26.1. The second-order valence-electron chi connectivity index (χ2n) is 7.17. The Bertz CT molecular complexity index is 584. The molecule has 1 aliphatic rings. The second-order valence-corrected chi connectivity index (χ2v) is 7.17. The van der Waals surface area contributed by atoms with E-state index in [1.54, 1.807) is 0 Å². The van der Waals surface area contributed by atoms with Crippen molar-refractivity contribution in [3.05, 3.63) is 23.8 Å². The molecule has 0 atom stereocenters. The van der Waals surface area contributed by atoms with E-state index in [1.807, 2.05) is 39.8 Å². The second kappa shape index (κ2) is 7.02. The van der Waals surface area contributed by atoms with Gasteiger partial charge >= 0.3 is 0 Å². The summed E-state index contributed by atoms with van der Waals surface area (Å²) in [5.74, 6) is -0.339. The van der Waals surface area contributed by atoms with Crippen LogP contribution >= 0.6 is 0 Å². The molecule has 1 fully saturated rings. The number of carbonyl (C=O) groups is 2. The van der Waals surface area contributed by atoms with Gasteiger partial charge in [-0.25, -0.2) is 0 Å². The average Bonchev–Trinajstić information content (AvgIpc) is 3.00. The third kappa shape index (κ3) is 4.71. The third-order valence-electron chi connectivity index (χ3n) is 4.05. The minimum Gasteiger partial charge on any atom is -0.372 e. The van der Waals surface area contributed by atoms with Crippen LogP contribution in [0.25, 0.3) is 0 Å². The number of nitrogens with one attached hydrogen (secondary N) is 2. The monoisotopic (exact) mass is 317 g/mol. The molecule has 1 saturated heterocycles. The van der Waals surface area contributed by atoms with E-state index in [0.717, 1.165) is 24.3 Å². The van der Waals surface area contributed by atoms with Gasteiger partial charge in [0, 0.05) is 29.9 Å². The molecule has 1 heterocycles. The van der Waals surface area contributed by atoms with Gasteiger partial charge in [-0.2, -0.15) is 0 Å². The molecule has 2 amide bonds. The van der Waals surface area contributed by atoms with E-state index >= 15 is 0 Å². The van der Waals surface area contributed by atoms with Crippen LogP contribution in [0.3, 0.4) is 0 Å². The van der Waals surface area contributed by atoms with Crippen molar-refractivity contribution in [1.29, 1.82) is 0 Å². The lowest BCUT2D eigenvalue weighted by Crippen LogP contribution is -2.39. The summed E-state index contributed by atoms with van der Waals surface area (Å²) in [6.45, 7) is 9.64. The molecule has 5 nitrogen and oxygen atoms in total. The molecule has 0 aliphatic carbocycles. The van der Waals surface area contributed by atoms with E-state index in [1.165, 1.54) is 18.5 Å². The van der Waals surface area contributed by atoms with Gasteiger partial charge < -0.3 is 15.5 Å². The highest BCUT2D eigenvalue weighted by Crippen LogP contribution is 2.25. The van der Waals surface area contributed by atoms with Gasteiger partial charge in [0.15, 0.2) is 0 Å². The predicted octanol–water partition coefficient (Wildman–Crippen LogP) is 2.70. The van der Waals surface area contributed by atoms with E-state index in [-0.39, 0.29) is 18.4 Å². The minimum absolute atomic E-state index is 0.0105. The van der Waals surface area contributed by atoms with E-state index in [4.69, 9.17) is 0 Å². The zero-order chi connectivity index (χ0) is 17.0. The summed E-state index contributed by atoms with van der Waals surface area (Å²) in [5.41, 5.74) is 2.54. The van der Waals surface area contributed by atoms with Crippen molar-refractivity contribution in [2.45, 2.75) is 40.5 Å². The van der Waals surface area contributed by atoms with Crippen LogP contribution in [0.4, 0.5) is 11.4 Å². The molecule has 0 saturated carbocycles. The molecule has 1 aliphatic heterocycles. The van der Waals surface area contributed by atoms with Gasteiger partial charge in [-0.1, -0.05) is 20.8 Å². The first-order chi connectivity index (χ1) is 10.8. The lowest BCUT2D eigenvalue weighted by atomic mass is 9.96. The largest absolute Gasteiger partial charge is 0.372 e. The predicted molar refractivity (Wildman–Crippen MR) is 93.7 cm³/mol. The Morgan fingerprint density at radius 2 is 1.83 bits per heavy atom. The topological polar surface area (TPSA) is 61.4 Å². The number of benzene rings is 1. The summed E-state index contributed by atoms with van der Waals surface area (Å²) in [7, 11) is 0. The fourth-order valence-corrected chi connectivity index (χ4v) is 2.58. The molecule has 0 bridgehead atoms. The van der Waals surface area contributed by atoms with Gasteiger partial charge in [0.1, 0.15) is 0 Å². The summed E-state index contributed by atoms with van der Waals surface area (Å²) in [5, 5.41) is 5.52. The molecule has 1 aromatic rings. The van der Waals surface area contributed by atoms with Crippen LogP contribution in [-0.2, 0) is 9.59 Å². The normalized spacial score (nSPS) is 14.7. The molecule has 0 aromatic heterocycles. The number of amides is 2. The first-order valence-electron chi connectivity index (χ1n) is 8.21. The van der Waals surface area contributed by atoms with Crippen molar-refractivity contribution in [2.24, 2.45) is 5.41 Å². The van der Waals surface area contributed by atoms with Gasteiger partial charge in [0.25, 0.3) is 0 Å². The van der Waals surface area contributed by atoms with E-state index < -0.39 is 5.41 Å². The smallest absolute Gasteiger partial charge is 0.243 e. The lowest BCUT2D eigenvalue weighted by molar-refractivity contribution is -0.130. The number of hydrogen-bond acceptors (Lipinski definition) is 3. The highest BCUT2D eigenvalue weighted by atomic mass is 16.2.